The van der Waals surface area contributed by atoms with Gasteiger partial charge in [-0.3, -0.25) is 0 Å². The lowest BCUT2D eigenvalue weighted by atomic mass is 9.46. The molecule has 0 saturated heterocycles. The van der Waals surface area contributed by atoms with Crippen LogP contribution in [0.5, 0.6) is 0 Å². The smallest absolute Gasteiger partial charge is 0.123 e. The molecule has 4 heteroatoms. The van der Waals surface area contributed by atoms with Crippen molar-refractivity contribution in [2.45, 2.75) is 77.1 Å². The first-order valence-corrected chi connectivity index (χ1v) is 9.65. The summed E-state index contributed by atoms with van der Waals surface area (Å²) >= 11 is 0. The van der Waals surface area contributed by atoms with Crippen molar-refractivity contribution in [3.05, 3.63) is 11.3 Å². The Morgan fingerprint density at radius 2 is 1.75 bits per heavy atom. The number of methoxy groups -OCH3 is 1. The van der Waals surface area contributed by atoms with Crippen LogP contribution in [0, 0.1) is 28.6 Å². The van der Waals surface area contributed by atoms with Gasteiger partial charge in [0.15, 0.2) is 0 Å². The summed E-state index contributed by atoms with van der Waals surface area (Å²) in [5.74, 6) is 1.80. The molecular weight excluding hydrogens is 304 g/mol. The maximum atomic E-state index is 10.6. The van der Waals surface area contributed by atoms with Gasteiger partial charge in [0.1, 0.15) is 11.9 Å². The number of hydrogen-bond acceptors (Lipinski definition) is 4. The fourth-order valence-corrected chi connectivity index (χ4v) is 7.06. The summed E-state index contributed by atoms with van der Waals surface area (Å²) < 4.78 is 5.81. The van der Waals surface area contributed by atoms with Gasteiger partial charge >= 0.3 is 0 Å². The third-order valence-corrected chi connectivity index (χ3v) is 8.44. The summed E-state index contributed by atoms with van der Waals surface area (Å²) in [5.41, 5.74) is 0.932. The van der Waals surface area contributed by atoms with Crippen LogP contribution in [0.4, 0.5) is 0 Å². The van der Waals surface area contributed by atoms with Crippen LogP contribution in [0.3, 0.4) is 0 Å². The van der Waals surface area contributed by atoms with Crippen LogP contribution >= 0.6 is 0 Å². The van der Waals surface area contributed by atoms with Gasteiger partial charge in [-0.05, 0) is 73.5 Å². The average molecular weight is 336 g/mol. The Bertz CT molecular complexity index is 558. The van der Waals surface area contributed by atoms with E-state index in [-0.39, 0.29) is 28.8 Å². The molecule has 8 atom stereocenters. The number of hydrogen-bond donors (Lipinski definition) is 3. The van der Waals surface area contributed by atoms with Crippen LogP contribution in [0.25, 0.3) is 0 Å². The second-order valence-corrected chi connectivity index (χ2v) is 9.25. The first kappa shape index (κ1) is 16.9. The van der Waals surface area contributed by atoms with Gasteiger partial charge in [0.05, 0.1) is 12.2 Å². The van der Waals surface area contributed by atoms with Crippen molar-refractivity contribution in [1.82, 2.24) is 0 Å². The maximum Gasteiger partial charge on any atom is 0.123 e. The molecule has 0 radical (unpaired) electrons. The Kier molecular flexibility index (Phi) is 3.83. The highest BCUT2D eigenvalue weighted by Gasteiger charge is 2.61. The SMILES string of the molecule is COC1C[C@H]2[C@@H]3CC[C@H](O)[C@@]3(C)CC[C@@H]2[C@@]2(C)CC[C@H](O)C(O)=C12. The van der Waals surface area contributed by atoms with E-state index in [2.05, 4.69) is 13.8 Å². The molecule has 1 unspecified atom stereocenters. The number of aliphatic hydroxyl groups is 3. The third kappa shape index (κ3) is 2.02. The van der Waals surface area contributed by atoms with Crippen molar-refractivity contribution in [2.24, 2.45) is 28.6 Å². The van der Waals surface area contributed by atoms with Crippen LogP contribution < -0.4 is 0 Å². The molecule has 4 aliphatic carbocycles. The molecule has 0 aromatic carbocycles. The van der Waals surface area contributed by atoms with Crippen molar-refractivity contribution in [3.63, 3.8) is 0 Å². The maximum absolute atomic E-state index is 10.6. The van der Waals surface area contributed by atoms with Gasteiger partial charge in [-0.1, -0.05) is 13.8 Å². The fourth-order valence-electron chi connectivity index (χ4n) is 7.06. The van der Waals surface area contributed by atoms with E-state index in [1.807, 2.05) is 0 Å². The average Bonchev–Trinajstić information content (AvgIpc) is 2.86. The molecule has 0 aromatic heterocycles. The van der Waals surface area contributed by atoms with Crippen LogP contribution in [-0.4, -0.2) is 40.7 Å². The molecule has 136 valence electrons. The largest absolute Gasteiger partial charge is 0.509 e. The van der Waals surface area contributed by atoms with Gasteiger partial charge in [0.25, 0.3) is 0 Å². The molecule has 4 rings (SSSR count). The van der Waals surface area contributed by atoms with Crippen molar-refractivity contribution >= 4 is 0 Å². The van der Waals surface area contributed by atoms with E-state index in [0.717, 1.165) is 44.1 Å². The molecule has 0 aromatic rings. The second-order valence-electron chi connectivity index (χ2n) is 9.25. The Balaban J connectivity index is 1.76. The molecule has 3 saturated carbocycles. The van der Waals surface area contributed by atoms with E-state index >= 15 is 0 Å². The summed E-state index contributed by atoms with van der Waals surface area (Å²) in [6.07, 6.45) is 5.67. The molecular formula is C20H32O4. The Hall–Kier alpha value is -0.580. The molecule has 0 bridgehead atoms. The topological polar surface area (TPSA) is 69.9 Å². The fraction of sp³-hybridized carbons (Fsp3) is 0.900. The highest BCUT2D eigenvalue weighted by atomic mass is 16.5. The number of fused-ring (bicyclic) bond motifs is 5. The van der Waals surface area contributed by atoms with Crippen LogP contribution in [0.1, 0.15) is 58.8 Å². The zero-order chi connectivity index (χ0) is 17.3. The molecule has 4 aliphatic rings. The summed E-state index contributed by atoms with van der Waals surface area (Å²) in [4.78, 5) is 0. The normalized spacial score (nSPS) is 54.2. The number of ether oxygens (including phenoxy) is 1. The molecule has 0 heterocycles. The van der Waals surface area contributed by atoms with E-state index in [9.17, 15) is 15.3 Å². The van der Waals surface area contributed by atoms with Crippen molar-refractivity contribution in [2.75, 3.05) is 7.11 Å². The van der Waals surface area contributed by atoms with E-state index < -0.39 is 6.10 Å². The quantitative estimate of drug-likeness (QED) is 0.688. The van der Waals surface area contributed by atoms with Gasteiger partial charge in [0, 0.05) is 12.7 Å². The second kappa shape index (κ2) is 5.46. The zero-order valence-corrected chi connectivity index (χ0v) is 15.2. The van der Waals surface area contributed by atoms with Gasteiger partial charge in [0.2, 0.25) is 0 Å². The molecule has 0 spiro atoms. The highest BCUT2D eigenvalue weighted by molar-refractivity contribution is 5.32. The lowest BCUT2D eigenvalue weighted by Gasteiger charge is -2.59. The van der Waals surface area contributed by atoms with Gasteiger partial charge in [-0.25, -0.2) is 0 Å². The molecule has 24 heavy (non-hydrogen) atoms. The lowest BCUT2D eigenvalue weighted by molar-refractivity contribution is -0.106. The molecule has 0 aliphatic heterocycles. The highest BCUT2D eigenvalue weighted by Crippen LogP contribution is 2.66. The summed E-state index contributed by atoms with van der Waals surface area (Å²) in [6.45, 7) is 4.56. The summed E-state index contributed by atoms with van der Waals surface area (Å²) in [7, 11) is 1.72. The van der Waals surface area contributed by atoms with Gasteiger partial charge in [-0.15, -0.1) is 0 Å². The van der Waals surface area contributed by atoms with Gasteiger partial charge in [-0.2, -0.15) is 0 Å². The predicted octanol–water partition coefficient (Wildman–Crippen LogP) is 3.18. The van der Waals surface area contributed by atoms with Crippen molar-refractivity contribution < 1.29 is 20.1 Å². The molecule has 4 nitrogen and oxygen atoms in total. The van der Waals surface area contributed by atoms with E-state index in [1.165, 1.54) is 0 Å². The summed E-state index contributed by atoms with van der Waals surface area (Å²) in [5, 5.41) is 31.3. The number of rotatable bonds is 1. The van der Waals surface area contributed by atoms with E-state index in [1.54, 1.807) is 7.11 Å². The van der Waals surface area contributed by atoms with Crippen molar-refractivity contribution in [1.29, 1.82) is 0 Å². The Labute approximate surface area is 144 Å². The van der Waals surface area contributed by atoms with Crippen molar-refractivity contribution in [3.8, 4) is 0 Å². The number of aliphatic hydroxyl groups excluding tert-OH is 3. The van der Waals surface area contributed by atoms with E-state index in [4.69, 9.17) is 4.74 Å². The first-order chi connectivity index (χ1) is 11.3. The van der Waals surface area contributed by atoms with E-state index in [0.29, 0.717) is 24.2 Å². The Morgan fingerprint density at radius 1 is 1.00 bits per heavy atom. The monoisotopic (exact) mass is 336 g/mol. The minimum atomic E-state index is -0.732. The minimum absolute atomic E-state index is 0.0489. The predicted molar refractivity (Wildman–Crippen MR) is 91.5 cm³/mol. The van der Waals surface area contributed by atoms with Gasteiger partial charge < -0.3 is 20.1 Å². The zero-order valence-electron chi connectivity index (χ0n) is 15.2. The minimum Gasteiger partial charge on any atom is -0.509 e. The molecule has 3 N–H and O–H groups in total. The van der Waals surface area contributed by atoms with Crippen LogP contribution in [0.15, 0.2) is 11.3 Å². The lowest BCUT2D eigenvalue weighted by Crippen LogP contribution is -2.55. The van der Waals surface area contributed by atoms with Crippen LogP contribution in [0.2, 0.25) is 0 Å². The first-order valence-electron chi connectivity index (χ1n) is 9.65. The third-order valence-electron chi connectivity index (χ3n) is 8.44. The Morgan fingerprint density at radius 3 is 2.46 bits per heavy atom. The molecule has 0 amide bonds. The van der Waals surface area contributed by atoms with Crippen LogP contribution in [-0.2, 0) is 4.74 Å². The standard InChI is InChI=1S/C20H32O4/c1-19-8-6-13-11(12(19)4-5-16(19)22)10-15(24-3)17-18(23)14(21)7-9-20(13,17)2/h11-16,21-23H,4-10H2,1-3H3/t11-,12-,13-,14-,15?,16-,19-,20+/m0/s1. The summed E-state index contributed by atoms with van der Waals surface area (Å²) in [6, 6.07) is 0. The molecule has 3 fully saturated rings.